The summed E-state index contributed by atoms with van der Waals surface area (Å²) < 4.78 is 32.4. The molecule has 1 N–H and O–H groups in total. The fourth-order valence-corrected chi connectivity index (χ4v) is 7.18. The normalized spacial score (nSPS) is 12.5. The van der Waals surface area contributed by atoms with Gasteiger partial charge < -0.3 is 19.3 Å². The summed E-state index contributed by atoms with van der Waals surface area (Å²) in [5.41, 5.74) is 0.0917. The van der Waals surface area contributed by atoms with Gasteiger partial charge in [-0.2, -0.15) is 9.97 Å². The minimum atomic E-state index is -1.11. The van der Waals surface area contributed by atoms with Crippen molar-refractivity contribution >= 4 is 75.7 Å². The lowest BCUT2D eigenvalue weighted by Crippen LogP contribution is -2.31. The van der Waals surface area contributed by atoms with E-state index in [0.29, 0.717) is 44.6 Å². The lowest BCUT2D eigenvalue weighted by Gasteiger charge is -2.15. The maximum atomic E-state index is 14.3. The summed E-state index contributed by atoms with van der Waals surface area (Å²) in [6, 6.07) is 8.98. The number of aromatic carboxylic acids is 1. The molecule has 0 radical (unpaired) electrons. The number of halogens is 3. The lowest BCUT2D eigenvalue weighted by atomic mass is 10.2. The fourth-order valence-electron chi connectivity index (χ4n) is 3.96. The van der Waals surface area contributed by atoms with E-state index in [0.717, 1.165) is 53.8 Å². The van der Waals surface area contributed by atoms with Gasteiger partial charge in [-0.1, -0.05) is 29.3 Å². The number of aromatic nitrogens is 4. The molecule has 18 heteroatoms. The molecule has 0 spiro atoms. The number of fused-ring (bicyclic) bond motifs is 1. The van der Waals surface area contributed by atoms with Crippen LogP contribution < -0.4 is 19.1 Å². The van der Waals surface area contributed by atoms with Crippen molar-refractivity contribution in [2.75, 3.05) is 27.1 Å². The van der Waals surface area contributed by atoms with Gasteiger partial charge in [-0.05, 0) is 60.2 Å². The largest absolute Gasteiger partial charge is 0.481 e. The zero-order valence-electron chi connectivity index (χ0n) is 24.5. The van der Waals surface area contributed by atoms with Crippen molar-refractivity contribution < 1.29 is 33.3 Å². The summed E-state index contributed by atoms with van der Waals surface area (Å²) in [7, 11) is 4.24. The molecule has 0 amide bonds. The first-order valence-electron chi connectivity index (χ1n) is 13.3. The topological polar surface area (TPSA) is 147 Å². The van der Waals surface area contributed by atoms with Crippen LogP contribution in [0, 0.1) is 5.82 Å². The summed E-state index contributed by atoms with van der Waals surface area (Å²) >= 11 is 15.2. The molecule has 2 aromatic carbocycles. The molecule has 12 nitrogen and oxygen atoms in total. The van der Waals surface area contributed by atoms with Gasteiger partial charge in [0.15, 0.2) is 5.16 Å². The van der Waals surface area contributed by atoms with Crippen LogP contribution in [0.15, 0.2) is 61.1 Å². The molecule has 2 aromatic heterocycles. The Kier molecular flexibility index (Phi) is 12.5. The molecule has 4 aromatic rings. The van der Waals surface area contributed by atoms with Gasteiger partial charge in [0.1, 0.15) is 11.5 Å². The average molecular weight is 731 g/mol. The van der Waals surface area contributed by atoms with Crippen molar-refractivity contribution in [1.82, 2.24) is 19.3 Å². The Labute approximate surface area is 284 Å². The Balaban J connectivity index is 0.000000212. The zero-order valence-corrected chi connectivity index (χ0v) is 28.5. The molecule has 0 bridgehead atoms. The molecule has 0 unspecified atom stereocenters. The minimum Gasteiger partial charge on any atom is -0.481 e. The number of carbonyl (C=O) groups excluding carboxylic acids is 1. The summed E-state index contributed by atoms with van der Waals surface area (Å²) in [5, 5.41) is 9.89. The molecule has 46 heavy (non-hydrogen) atoms. The van der Waals surface area contributed by atoms with Crippen LogP contribution in [0.2, 0.25) is 10.0 Å². The summed E-state index contributed by atoms with van der Waals surface area (Å²) in [4.78, 5) is 48.5. The number of rotatable bonds is 9. The van der Waals surface area contributed by atoms with Crippen LogP contribution >= 0.6 is 58.1 Å². The number of hydrogen-bond acceptors (Lipinski definition) is 12. The Morgan fingerprint density at radius 3 is 2.33 bits per heavy atom. The van der Waals surface area contributed by atoms with Crippen LogP contribution in [0.3, 0.4) is 0 Å². The highest BCUT2D eigenvalue weighted by atomic mass is 35.5. The third-order valence-electron chi connectivity index (χ3n) is 6.15. The fraction of sp³-hybridized carbons (Fsp3) is 0.286. The van der Waals surface area contributed by atoms with Gasteiger partial charge in [-0.3, -0.25) is 14.3 Å². The molecule has 1 aliphatic rings. The maximum Gasteiger partial charge on any atom is 0.338 e. The zero-order chi connectivity index (χ0) is 33.4. The third kappa shape index (κ3) is 8.82. The number of esters is 1. The number of hydrogen-bond donors (Lipinski definition) is 1. The van der Waals surface area contributed by atoms with E-state index in [-0.39, 0.29) is 31.9 Å². The second-order valence-corrected chi connectivity index (χ2v) is 12.8. The van der Waals surface area contributed by atoms with Gasteiger partial charge in [-0.25, -0.2) is 18.9 Å². The number of carbonyl (C=O) groups is 2. The number of methoxy groups -OCH3 is 3. The van der Waals surface area contributed by atoms with E-state index in [1.54, 1.807) is 21.5 Å². The second kappa shape index (κ2) is 16.3. The average Bonchev–Trinajstić information content (AvgIpc) is 3.36. The standard InChI is InChI=1S/C15H15ClFN3O3S2.C13H11ClN2O4S/c1-23-13(21)8-24-12-7-11(10(17)6-9(12)16)18-14-19-4-2-3-5-20(19)15(22)25-14;1-19-9-6-10(20-2)16-13(15-9)21-8-5-3-4-7(14)11(8)12(17)18/h6-7H,2-5,8H2,1H3;3-6H,1-2H3,(H,17,18). The van der Waals surface area contributed by atoms with Crippen LogP contribution in [0.5, 0.6) is 11.8 Å². The van der Waals surface area contributed by atoms with Gasteiger partial charge in [0.05, 0.1) is 48.8 Å². The minimum absolute atomic E-state index is 0.00885. The highest BCUT2D eigenvalue weighted by molar-refractivity contribution is 8.00. The highest BCUT2D eigenvalue weighted by Gasteiger charge is 2.18. The number of ether oxygens (including phenoxy) is 3. The maximum absolute atomic E-state index is 14.3. The van der Waals surface area contributed by atoms with E-state index in [4.69, 9.17) is 32.7 Å². The van der Waals surface area contributed by atoms with Gasteiger partial charge >= 0.3 is 16.8 Å². The summed E-state index contributed by atoms with van der Waals surface area (Å²) in [6.45, 7) is 1.32. The number of nitrogens with zero attached hydrogens (tertiary/aromatic N) is 5. The molecule has 0 fully saturated rings. The first-order chi connectivity index (χ1) is 22.0. The SMILES string of the molecule is COC(=O)CSc1cc(N=c2sc(=O)n3n2CCCC3)c(F)cc1Cl.COc1cc(OC)nc(Sc2cccc(Cl)c2C(=O)O)n1. The van der Waals surface area contributed by atoms with E-state index < -0.39 is 17.8 Å². The van der Waals surface area contributed by atoms with E-state index in [1.807, 2.05) is 0 Å². The van der Waals surface area contributed by atoms with E-state index in [9.17, 15) is 23.9 Å². The molecule has 0 aliphatic carbocycles. The molecule has 5 rings (SSSR count). The van der Waals surface area contributed by atoms with E-state index in [2.05, 4.69) is 19.7 Å². The molecule has 1 aliphatic heterocycles. The van der Waals surface area contributed by atoms with Gasteiger partial charge in [0, 0.05) is 22.9 Å². The van der Waals surface area contributed by atoms with Crippen LogP contribution in [-0.2, 0) is 22.6 Å². The van der Waals surface area contributed by atoms with Crippen molar-refractivity contribution in [3.8, 4) is 11.8 Å². The first kappa shape index (κ1) is 35.3. The Morgan fingerprint density at radius 2 is 1.70 bits per heavy atom. The van der Waals surface area contributed by atoms with Crippen molar-refractivity contribution in [3.63, 3.8) is 0 Å². The molecular weight excluding hydrogens is 704 g/mol. The molecule has 0 saturated carbocycles. The highest BCUT2D eigenvalue weighted by Crippen LogP contribution is 2.34. The molecule has 0 saturated heterocycles. The van der Waals surface area contributed by atoms with E-state index >= 15 is 0 Å². The molecule has 3 heterocycles. The lowest BCUT2D eigenvalue weighted by molar-refractivity contribution is -0.137. The second-order valence-electron chi connectivity index (χ2n) is 9.07. The number of carboxylic acids is 1. The number of benzene rings is 2. The predicted octanol–water partition coefficient (Wildman–Crippen LogP) is 5.79. The molecular formula is C28H26Cl2FN5O7S3. The third-order valence-corrected chi connectivity index (χ3v) is 9.71. The predicted molar refractivity (Wildman–Crippen MR) is 173 cm³/mol. The van der Waals surface area contributed by atoms with Crippen molar-refractivity contribution in [2.45, 2.75) is 40.9 Å². The van der Waals surface area contributed by atoms with E-state index in [1.165, 1.54) is 39.5 Å². The Hall–Kier alpha value is -3.57. The van der Waals surface area contributed by atoms with Crippen LogP contribution in [0.4, 0.5) is 10.1 Å². The number of carboxylic acid groups (broad SMARTS) is 1. The Bertz CT molecular complexity index is 1860. The van der Waals surface area contributed by atoms with Crippen molar-refractivity contribution in [3.05, 3.63) is 72.3 Å². The number of thioether (sulfide) groups is 1. The summed E-state index contributed by atoms with van der Waals surface area (Å²) in [5.74, 6) is -1.39. The summed E-state index contributed by atoms with van der Waals surface area (Å²) in [6.07, 6.45) is 1.90. The first-order valence-corrected chi connectivity index (χ1v) is 16.6. The van der Waals surface area contributed by atoms with Crippen molar-refractivity contribution in [2.24, 2.45) is 4.99 Å². The van der Waals surface area contributed by atoms with Gasteiger partial charge in [0.2, 0.25) is 16.6 Å². The Morgan fingerprint density at radius 1 is 1.02 bits per heavy atom. The van der Waals surface area contributed by atoms with Crippen LogP contribution in [0.25, 0.3) is 0 Å². The van der Waals surface area contributed by atoms with Gasteiger partial charge in [0.25, 0.3) is 0 Å². The van der Waals surface area contributed by atoms with Crippen molar-refractivity contribution in [1.29, 1.82) is 0 Å². The molecule has 0 atom stereocenters. The van der Waals surface area contributed by atoms with Crippen LogP contribution in [-0.4, -0.2) is 63.5 Å². The quantitative estimate of drug-likeness (QED) is 0.127. The monoisotopic (exact) mass is 729 g/mol. The smallest absolute Gasteiger partial charge is 0.338 e. The molecule has 244 valence electrons. The van der Waals surface area contributed by atoms with Crippen LogP contribution in [0.1, 0.15) is 23.2 Å². The van der Waals surface area contributed by atoms with Gasteiger partial charge in [-0.15, -0.1) is 11.8 Å².